The second-order valence-electron chi connectivity index (χ2n) is 4.57. The molecule has 1 atom stereocenters. The van der Waals surface area contributed by atoms with Crippen molar-refractivity contribution in [1.29, 1.82) is 0 Å². The van der Waals surface area contributed by atoms with Gasteiger partial charge in [0.25, 0.3) is 0 Å². The molecular formula is C12H15F3N2. The molecule has 0 saturated carbocycles. The smallest absolute Gasteiger partial charge is 0.356 e. The first-order chi connectivity index (χ1) is 7.98. The number of pyridine rings is 1. The molecule has 1 fully saturated rings. The Kier molecular flexibility index (Phi) is 3.26. The van der Waals surface area contributed by atoms with Crippen molar-refractivity contribution >= 4 is 5.82 Å². The van der Waals surface area contributed by atoms with Crippen LogP contribution < -0.4 is 4.90 Å². The van der Waals surface area contributed by atoms with E-state index in [1.54, 1.807) is 4.90 Å². The van der Waals surface area contributed by atoms with Gasteiger partial charge in [-0.15, -0.1) is 0 Å². The lowest BCUT2D eigenvalue weighted by Crippen LogP contribution is -2.36. The molecule has 0 N–H and O–H groups in total. The van der Waals surface area contributed by atoms with Gasteiger partial charge in [0, 0.05) is 19.3 Å². The van der Waals surface area contributed by atoms with Crippen LogP contribution in [-0.2, 0) is 6.18 Å². The van der Waals surface area contributed by atoms with Gasteiger partial charge in [-0.3, -0.25) is 0 Å². The van der Waals surface area contributed by atoms with E-state index in [-0.39, 0.29) is 5.82 Å². The minimum absolute atomic E-state index is 0.0755. The van der Waals surface area contributed by atoms with Gasteiger partial charge in [-0.05, 0) is 30.9 Å². The molecule has 0 unspecified atom stereocenters. The largest absolute Gasteiger partial charge is 0.419 e. The van der Waals surface area contributed by atoms with Crippen molar-refractivity contribution in [2.75, 3.05) is 18.0 Å². The van der Waals surface area contributed by atoms with E-state index in [1.165, 1.54) is 12.3 Å². The lowest BCUT2D eigenvalue weighted by atomic mass is 10.00. The van der Waals surface area contributed by atoms with Crippen LogP contribution in [0.25, 0.3) is 0 Å². The predicted octanol–water partition coefficient (Wildman–Crippen LogP) is 3.34. The Hall–Kier alpha value is -1.26. The van der Waals surface area contributed by atoms with Gasteiger partial charge in [0.15, 0.2) is 0 Å². The number of halogens is 3. The van der Waals surface area contributed by atoms with Crippen molar-refractivity contribution < 1.29 is 13.2 Å². The zero-order valence-corrected chi connectivity index (χ0v) is 9.67. The zero-order valence-electron chi connectivity index (χ0n) is 9.67. The molecule has 1 aliphatic heterocycles. The maximum Gasteiger partial charge on any atom is 0.419 e. The molecule has 0 aromatic carbocycles. The lowest BCUT2D eigenvalue weighted by Gasteiger charge is -2.33. The first-order valence-corrected chi connectivity index (χ1v) is 5.75. The minimum atomic E-state index is -4.33. The highest BCUT2D eigenvalue weighted by atomic mass is 19.4. The fourth-order valence-electron chi connectivity index (χ4n) is 2.25. The highest BCUT2D eigenvalue weighted by Crippen LogP contribution is 2.36. The molecule has 1 aromatic heterocycles. The molecule has 2 rings (SSSR count). The normalized spacial score (nSPS) is 21.6. The minimum Gasteiger partial charge on any atom is -0.356 e. The Labute approximate surface area is 98.5 Å². The molecule has 0 spiro atoms. The van der Waals surface area contributed by atoms with Crippen molar-refractivity contribution in [1.82, 2.24) is 4.98 Å². The number of nitrogens with zero attached hydrogens (tertiary/aromatic N) is 2. The standard InChI is InChI=1S/C12H15F3N2/c1-9-4-3-7-17(8-9)11-10(12(13,14)15)5-2-6-16-11/h2,5-6,9H,3-4,7-8H2,1H3/t9-/m0/s1. The van der Waals surface area contributed by atoms with Gasteiger partial charge in [0.2, 0.25) is 0 Å². The van der Waals surface area contributed by atoms with Crippen molar-refractivity contribution in [2.24, 2.45) is 5.92 Å². The molecular weight excluding hydrogens is 229 g/mol. The Balaban J connectivity index is 2.31. The van der Waals surface area contributed by atoms with Crippen molar-refractivity contribution in [3.8, 4) is 0 Å². The van der Waals surface area contributed by atoms with Crippen LogP contribution in [0.2, 0.25) is 0 Å². The van der Waals surface area contributed by atoms with Crippen LogP contribution in [0.15, 0.2) is 18.3 Å². The highest BCUT2D eigenvalue weighted by Gasteiger charge is 2.36. The Morgan fingerprint density at radius 2 is 2.18 bits per heavy atom. The van der Waals surface area contributed by atoms with Gasteiger partial charge < -0.3 is 4.90 Å². The molecule has 94 valence electrons. The quantitative estimate of drug-likeness (QED) is 0.753. The van der Waals surface area contributed by atoms with Crippen LogP contribution in [0.5, 0.6) is 0 Å². The summed E-state index contributed by atoms with van der Waals surface area (Å²) in [7, 11) is 0. The van der Waals surface area contributed by atoms with Crippen LogP contribution >= 0.6 is 0 Å². The van der Waals surface area contributed by atoms with Crippen molar-refractivity contribution in [2.45, 2.75) is 25.9 Å². The average Bonchev–Trinajstić information content (AvgIpc) is 2.28. The molecule has 1 saturated heterocycles. The monoisotopic (exact) mass is 244 g/mol. The van der Waals surface area contributed by atoms with E-state index >= 15 is 0 Å². The van der Waals surface area contributed by atoms with E-state index in [4.69, 9.17) is 0 Å². The first-order valence-electron chi connectivity index (χ1n) is 5.75. The number of hydrogen-bond donors (Lipinski definition) is 0. The summed E-state index contributed by atoms with van der Waals surface area (Å²) in [5.74, 6) is 0.499. The number of alkyl halides is 3. The third-order valence-corrected chi connectivity index (χ3v) is 3.05. The van der Waals surface area contributed by atoms with E-state index in [2.05, 4.69) is 11.9 Å². The molecule has 2 nitrogen and oxygen atoms in total. The predicted molar refractivity (Wildman–Crippen MR) is 59.9 cm³/mol. The summed E-state index contributed by atoms with van der Waals surface area (Å²) in [6, 6.07) is 2.43. The van der Waals surface area contributed by atoms with Gasteiger partial charge in [-0.1, -0.05) is 6.92 Å². The molecule has 1 aromatic rings. The zero-order chi connectivity index (χ0) is 12.5. The molecule has 5 heteroatoms. The third-order valence-electron chi connectivity index (χ3n) is 3.05. The summed E-state index contributed by atoms with van der Waals surface area (Å²) < 4.78 is 38.5. The third kappa shape index (κ3) is 2.70. The van der Waals surface area contributed by atoms with E-state index in [1.807, 2.05) is 0 Å². The number of aromatic nitrogens is 1. The summed E-state index contributed by atoms with van der Waals surface area (Å²) in [5.41, 5.74) is -0.630. The van der Waals surface area contributed by atoms with E-state index < -0.39 is 11.7 Å². The maximum atomic E-state index is 12.8. The Bertz CT molecular complexity index is 390. The number of anilines is 1. The van der Waals surface area contributed by atoms with Gasteiger partial charge in [-0.25, -0.2) is 4.98 Å². The van der Waals surface area contributed by atoms with E-state index in [0.717, 1.165) is 18.9 Å². The lowest BCUT2D eigenvalue weighted by molar-refractivity contribution is -0.137. The molecule has 2 heterocycles. The van der Waals surface area contributed by atoms with Gasteiger partial charge >= 0.3 is 6.18 Å². The summed E-state index contributed by atoms with van der Waals surface area (Å²) in [4.78, 5) is 5.66. The van der Waals surface area contributed by atoms with Gasteiger partial charge in [-0.2, -0.15) is 13.2 Å². The van der Waals surface area contributed by atoms with Crippen LogP contribution in [0.1, 0.15) is 25.3 Å². The molecule has 0 bridgehead atoms. The molecule has 1 aliphatic rings. The van der Waals surface area contributed by atoms with E-state index in [9.17, 15) is 13.2 Å². The van der Waals surface area contributed by atoms with Crippen LogP contribution in [0.3, 0.4) is 0 Å². The SMILES string of the molecule is C[C@H]1CCCN(c2ncccc2C(F)(F)F)C1. The van der Waals surface area contributed by atoms with Gasteiger partial charge in [0.1, 0.15) is 5.82 Å². The maximum absolute atomic E-state index is 12.8. The molecule has 0 radical (unpaired) electrons. The molecule has 0 aliphatic carbocycles. The number of piperidine rings is 1. The Morgan fingerprint density at radius 1 is 1.41 bits per heavy atom. The average molecular weight is 244 g/mol. The summed E-state index contributed by atoms with van der Waals surface area (Å²) in [5, 5.41) is 0. The highest BCUT2D eigenvalue weighted by molar-refractivity contribution is 5.48. The number of hydrogen-bond acceptors (Lipinski definition) is 2. The topological polar surface area (TPSA) is 16.1 Å². The fraction of sp³-hybridized carbons (Fsp3) is 0.583. The summed E-state index contributed by atoms with van der Waals surface area (Å²) in [6.07, 6.45) is -0.909. The van der Waals surface area contributed by atoms with Crippen LogP contribution in [-0.4, -0.2) is 18.1 Å². The van der Waals surface area contributed by atoms with Crippen LogP contribution in [0.4, 0.5) is 19.0 Å². The van der Waals surface area contributed by atoms with Gasteiger partial charge in [0.05, 0.1) is 5.56 Å². The fourth-order valence-corrected chi connectivity index (χ4v) is 2.25. The summed E-state index contributed by atoms with van der Waals surface area (Å²) >= 11 is 0. The summed E-state index contributed by atoms with van der Waals surface area (Å²) in [6.45, 7) is 3.37. The second-order valence-corrected chi connectivity index (χ2v) is 4.57. The molecule has 0 amide bonds. The van der Waals surface area contributed by atoms with E-state index in [0.29, 0.717) is 19.0 Å². The second kappa shape index (κ2) is 4.55. The van der Waals surface area contributed by atoms with Crippen molar-refractivity contribution in [3.05, 3.63) is 23.9 Å². The van der Waals surface area contributed by atoms with Crippen molar-refractivity contribution in [3.63, 3.8) is 0 Å². The number of rotatable bonds is 1. The van der Waals surface area contributed by atoms with Crippen LogP contribution in [0, 0.1) is 5.92 Å². The first kappa shape index (κ1) is 12.2. The Morgan fingerprint density at radius 3 is 2.82 bits per heavy atom. The molecule has 17 heavy (non-hydrogen) atoms.